The van der Waals surface area contributed by atoms with Crippen molar-refractivity contribution in [1.82, 2.24) is 14.5 Å². The lowest BCUT2D eigenvalue weighted by atomic mass is 10.0. The molecule has 4 rings (SSSR count). The van der Waals surface area contributed by atoms with E-state index in [0.717, 1.165) is 17.5 Å². The summed E-state index contributed by atoms with van der Waals surface area (Å²) in [6.07, 6.45) is 5.98. The van der Waals surface area contributed by atoms with Crippen LogP contribution in [0, 0.1) is 5.92 Å². The number of carbonyl (C=O) groups is 1. The van der Waals surface area contributed by atoms with Gasteiger partial charge in [-0.1, -0.05) is 30.1 Å². The highest BCUT2D eigenvalue weighted by atomic mass is 35.5. The summed E-state index contributed by atoms with van der Waals surface area (Å²) in [4.78, 5) is 22.4. The number of pyridine rings is 1. The first-order valence-electron chi connectivity index (χ1n) is 8.24. The largest absolute Gasteiger partial charge is 0.480 e. The summed E-state index contributed by atoms with van der Waals surface area (Å²) in [7, 11) is 0. The zero-order chi connectivity index (χ0) is 18.4. The zero-order valence-corrected chi connectivity index (χ0v) is 15.4. The summed E-state index contributed by atoms with van der Waals surface area (Å²) < 4.78 is 1.85. The summed E-state index contributed by atoms with van der Waals surface area (Å²) in [6, 6.07) is 4.85. The normalized spacial score (nSPS) is 20.0. The Labute approximate surface area is 160 Å². The minimum atomic E-state index is -0.849. The number of hydrogen-bond donors (Lipinski definition) is 1. The molecule has 0 spiro atoms. The number of carboxylic acids is 1. The van der Waals surface area contributed by atoms with Crippen molar-refractivity contribution in [3.8, 4) is 5.69 Å². The number of fused-ring (bicyclic) bond motifs is 1. The lowest BCUT2D eigenvalue weighted by molar-refractivity contribution is -0.139. The van der Waals surface area contributed by atoms with Crippen LogP contribution in [0.1, 0.15) is 13.3 Å². The van der Waals surface area contributed by atoms with Gasteiger partial charge in [0.1, 0.15) is 11.9 Å². The molecule has 1 N–H and O–H groups in total. The molecule has 0 saturated carbocycles. The van der Waals surface area contributed by atoms with Gasteiger partial charge in [0.05, 0.1) is 27.6 Å². The minimum Gasteiger partial charge on any atom is -0.480 e. The monoisotopic (exact) mass is 390 g/mol. The Morgan fingerprint density at radius 3 is 2.85 bits per heavy atom. The number of anilines is 1. The van der Waals surface area contributed by atoms with Crippen molar-refractivity contribution in [2.45, 2.75) is 19.4 Å². The fraction of sp³-hybridized carbons (Fsp3) is 0.278. The average Bonchev–Trinajstić information content (AvgIpc) is 3.27. The molecular weight excluding hydrogens is 375 g/mol. The number of rotatable bonds is 3. The van der Waals surface area contributed by atoms with Crippen molar-refractivity contribution < 1.29 is 9.90 Å². The van der Waals surface area contributed by atoms with Crippen LogP contribution in [0.2, 0.25) is 10.0 Å². The van der Waals surface area contributed by atoms with Crippen LogP contribution in [0.4, 0.5) is 5.82 Å². The Hall–Kier alpha value is -2.31. The third kappa shape index (κ3) is 2.70. The third-order valence-corrected chi connectivity index (χ3v) is 5.66. The van der Waals surface area contributed by atoms with E-state index in [-0.39, 0.29) is 5.92 Å². The molecule has 26 heavy (non-hydrogen) atoms. The Bertz CT molecular complexity index is 991. The molecule has 6 nitrogen and oxygen atoms in total. The number of halogens is 2. The molecule has 3 heterocycles. The summed E-state index contributed by atoms with van der Waals surface area (Å²) in [5.74, 6) is -0.239. The molecular formula is C18H16Cl2N4O2. The topological polar surface area (TPSA) is 71.2 Å². The Balaban J connectivity index is 1.96. The maximum absolute atomic E-state index is 11.8. The molecule has 2 aromatic heterocycles. The minimum absolute atomic E-state index is 0.0384. The Kier molecular flexibility index (Phi) is 4.25. The molecule has 3 aromatic rings. The van der Waals surface area contributed by atoms with Crippen molar-refractivity contribution in [1.29, 1.82) is 0 Å². The lowest BCUT2D eigenvalue weighted by Crippen LogP contribution is -2.39. The van der Waals surface area contributed by atoms with Crippen molar-refractivity contribution in [2.75, 3.05) is 11.4 Å². The highest BCUT2D eigenvalue weighted by Crippen LogP contribution is 2.37. The van der Waals surface area contributed by atoms with Crippen LogP contribution in [0.15, 0.2) is 36.9 Å². The summed E-state index contributed by atoms with van der Waals surface area (Å²) in [5, 5.41) is 11.2. The van der Waals surface area contributed by atoms with E-state index in [1.54, 1.807) is 18.6 Å². The number of imidazole rings is 1. The van der Waals surface area contributed by atoms with E-state index in [1.165, 1.54) is 0 Å². The maximum Gasteiger partial charge on any atom is 0.326 e. The Morgan fingerprint density at radius 2 is 2.15 bits per heavy atom. The van der Waals surface area contributed by atoms with Crippen LogP contribution in [0.3, 0.4) is 0 Å². The molecule has 0 unspecified atom stereocenters. The molecule has 0 aliphatic carbocycles. The van der Waals surface area contributed by atoms with Crippen molar-refractivity contribution in [3.05, 3.63) is 47.0 Å². The molecule has 1 aliphatic heterocycles. The summed E-state index contributed by atoms with van der Waals surface area (Å²) in [6.45, 7) is 2.57. The van der Waals surface area contributed by atoms with E-state index in [9.17, 15) is 9.90 Å². The van der Waals surface area contributed by atoms with E-state index in [1.807, 2.05) is 34.7 Å². The van der Waals surface area contributed by atoms with Gasteiger partial charge in [-0.05, 0) is 24.5 Å². The predicted octanol–water partition coefficient (Wildman–Crippen LogP) is 4.03. The van der Waals surface area contributed by atoms with Gasteiger partial charge in [-0.2, -0.15) is 0 Å². The van der Waals surface area contributed by atoms with E-state index in [2.05, 4.69) is 9.97 Å². The highest BCUT2D eigenvalue weighted by molar-refractivity contribution is 6.45. The molecule has 2 atom stereocenters. The first kappa shape index (κ1) is 17.1. The van der Waals surface area contributed by atoms with E-state index < -0.39 is 12.0 Å². The van der Waals surface area contributed by atoms with Crippen LogP contribution in [0.5, 0.6) is 0 Å². The smallest absolute Gasteiger partial charge is 0.326 e. The number of carboxylic acid groups (broad SMARTS) is 1. The second kappa shape index (κ2) is 6.45. The van der Waals surface area contributed by atoms with Crippen molar-refractivity contribution in [3.63, 3.8) is 0 Å². The molecule has 134 valence electrons. The number of benzene rings is 1. The fourth-order valence-corrected chi connectivity index (χ4v) is 3.91. The van der Waals surface area contributed by atoms with Gasteiger partial charge < -0.3 is 14.6 Å². The first-order chi connectivity index (χ1) is 12.5. The van der Waals surface area contributed by atoms with Gasteiger partial charge >= 0.3 is 5.97 Å². The van der Waals surface area contributed by atoms with Crippen LogP contribution in [0.25, 0.3) is 16.6 Å². The third-order valence-electron chi connectivity index (χ3n) is 4.87. The fourth-order valence-electron chi connectivity index (χ4n) is 3.55. The number of aromatic nitrogens is 3. The predicted molar refractivity (Wildman–Crippen MR) is 101 cm³/mol. The van der Waals surface area contributed by atoms with Gasteiger partial charge in [0.15, 0.2) is 0 Å². The molecule has 1 aromatic carbocycles. The maximum atomic E-state index is 11.8. The number of aliphatic carboxylic acids is 1. The van der Waals surface area contributed by atoms with Crippen molar-refractivity contribution >= 4 is 45.9 Å². The van der Waals surface area contributed by atoms with E-state index >= 15 is 0 Å². The van der Waals surface area contributed by atoms with Crippen LogP contribution < -0.4 is 4.90 Å². The second-order valence-electron chi connectivity index (χ2n) is 6.47. The quantitative estimate of drug-likeness (QED) is 0.730. The average molecular weight is 391 g/mol. The molecule has 0 amide bonds. The number of hydrogen-bond acceptors (Lipinski definition) is 4. The molecule has 8 heteroatoms. The second-order valence-corrected chi connectivity index (χ2v) is 7.25. The van der Waals surface area contributed by atoms with Crippen LogP contribution >= 0.6 is 23.2 Å². The van der Waals surface area contributed by atoms with Gasteiger partial charge in [0.25, 0.3) is 0 Å². The van der Waals surface area contributed by atoms with Crippen LogP contribution in [-0.4, -0.2) is 38.2 Å². The molecule has 1 fully saturated rings. The molecule has 0 bridgehead atoms. The molecule has 1 saturated heterocycles. The SMILES string of the molecule is C[C@H]1CCN(c2cc(-n3ccnc3)c3ccc(Cl)c(Cl)c3n2)[C@@H]1C(=O)O. The first-order valence-corrected chi connectivity index (χ1v) is 8.99. The van der Waals surface area contributed by atoms with Gasteiger partial charge in [-0.15, -0.1) is 0 Å². The number of nitrogens with zero attached hydrogens (tertiary/aromatic N) is 4. The van der Waals surface area contributed by atoms with Gasteiger partial charge in [0, 0.05) is 30.4 Å². The van der Waals surface area contributed by atoms with Gasteiger partial charge in [-0.25, -0.2) is 14.8 Å². The van der Waals surface area contributed by atoms with Crippen LogP contribution in [-0.2, 0) is 4.79 Å². The standard InChI is InChI=1S/C18H16Cl2N4O2/c1-10-4-6-24(17(10)18(25)26)14-8-13(23-7-5-21-9-23)11-2-3-12(19)15(20)16(11)22-14/h2-3,5,7-10,17H,4,6H2,1H3,(H,25,26)/t10-,17-/m0/s1. The Morgan fingerprint density at radius 1 is 1.35 bits per heavy atom. The molecule has 1 aliphatic rings. The van der Waals surface area contributed by atoms with E-state index in [0.29, 0.717) is 27.9 Å². The van der Waals surface area contributed by atoms with E-state index in [4.69, 9.17) is 23.2 Å². The van der Waals surface area contributed by atoms with Crippen molar-refractivity contribution in [2.24, 2.45) is 5.92 Å². The molecule has 0 radical (unpaired) electrons. The summed E-state index contributed by atoms with van der Waals surface area (Å²) in [5.41, 5.74) is 1.37. The van der Waals surface area contributed by atoms with Gasteiger partial charge in [-0.3, -0.25) is 0 Å². The lowest BCUT2D eigenvalue weighted by Gasteiger charge is -2.25. The summed E-state index contributed by atoms with van der Waals surface area (Å²) >= 11 is 12.6. The zero-order valence-electron chi connectivity index (χ0n) is 13.9. The highest BCUT2D eigenvalue weighted by Gasteiger charge is 2.37. The van der Waals surface area contributed by atoms with Gasteiger partial charge in [0.2, 0.25) is 0 Å².